The molecule has 3 rings (SSSR count). The highest BCUT2D eigenvalue weighted by atomic mass is 79.9. The van der Waals surface area contributed by atoms with Crippen LogP contribution in [0.5, 0.6) is 0 Å². The van der Waals surface area contributed by atoms with Crippen LogP contribution < -0.4 is 0 Å². The molecule has 5 nitrogen and oxygen atoms in total. The number of rotatable bonds is 2. The second kappa shape index (κ2) is 4.78. The lowest BCUT2D eigenvalue weighted by atomic mass is 10.1. The highest BCUT2D eigenvalue weighted by molar-refractivity contribution is 9.10. The van der Waals surface area contributed by atoms with E-state index in [4.69, 9.17) is 4.63 Å². The van der Waals surface area contributed by atoms with Gasteiger partial charge < -0.3 is 0 Å². The topological polar surface area (TPSA) is 55.1 Å². The van der Waals surface area contributed by atoms with Crippen molar-refractivity contribution in [3.8, 4) is 0 Å². The Balaban J connectivity index is 1.79. The van der Waals surface area contributed by atoms with Crippen LogP contribution in [0, 0.1) is 6.92 Å². The van der Waals surface area contributed by atoms with Crippen LogP contribution in [0.2, 0.25) is 0 Å². The molecular formula is C12H13BrN4O. The fraction of sp³-hybridized carbons (Fsp3) is 0.417. The van der Waals surface area contributed by atoms with Crippen molar-refractivity contribution in [2.45, 2.75) is 26.4 Å². The smallest absolute Gasteiger partial charge is 0.122 e. The fourth-order valence-electron chi connectivity index (χ4n) is 2.20. The Labute approximate surface area is 113 Å². The first kappa shape index (κ1) is 11.8. The summed E-state index contributed by atoms with van der Waals surface area (Å²) < 4.78 is 5.86. The van der Waals surface area contributed by atoms with Crippen LogP contribution in [0.15, 0.2) is 21.4 Å². The van der Waals surface area contributed by atoms with E-state index in [1.807, 2.05) is 19.2 Å². The third-order valence-electron chi connectivity index (χ3n) is 3.25. The molecular weight excluding hydrogens is 296 g/mol. The average molecular weight is 309 g/mol. The maximum atomic E-state index is 4.73. The van der Waals surface area contributed by atoms with Crippen molar-refractivity contribution >= 4 is 15.9 Å². The highest BCUT2D eigenvalue weighted by Gasteiger charge is 2.21. The second-order valence-corrected chi connectivity index (χ2v) is 5.33. The number of hydrogen-bond acceptors (Lipinski definition) is 5. The molecule has 0 fully saturated rings. The van der Waals surface area contributed by atoms with E-state index in [1.54, 1.807) is 0 Å². The maximum Gasteiger partial charge on any atom is 0.122 e. The van der Waals surface area contributed by atoms with Crippen LogP contribution in [-0.4, -0.2) is 26.7 Å². The van der Waals surface area contributed by atoms with Crippen molar-refractivity contribution in [2.75, 3.05) is 6.54 Å². The van der Waals surface area contributed by atoms with E-state index in [0.717, 1.165) is 41.9 Å². The minimum atomic E-state index is 0.774. The van der Waals surface area contributed by atoms with Gasteiger partial charge in [0, 0.05) is 48.0 Å². The van der Waals surface area contributed by atoms with Crippen molar-refractivity contribution in [1.29, 1.82) is 0 Å². The number of hydrogen-bond donors (Lipinski definition) is 0. The van der Waals surface area contributed by atoms with Crippen molar-refractivity contribution in [3.05, 3.63) is 39.4 Å². The van der Waals surface area contributed by atoms with Gasteiger partial charge in [0.15, 0.2) is 0 Å². The zero-order valence-electron chi connectivity index (χ0n) is 10.1. The molecule has 1 aliphatic heterocycles. The van der Waals surface area contributed by atoms with Gasteiger partial charge in [-0.15, -0.1) is 0 Å². The largest absolute Gasteiger partial charge is 0.293 e. The Morgan fingerprint density at radius 3 is 3.11 bits per heavy atom. The summed E-state index contributed by atoms with van der Waals surface area (Å²) in [6.45, 7) is 4.57. The molecule has 0 aromatic carbocycles. The predicted molar refractivity (Wildman–Crippen MR) is 68.8 cm³/mol. The summed E-state index contributed by atoms with van der Waals surface area (Å²) in [4.78, 5) is 6.76. The molecule has 0 spiro atoms. The van der Waals surface area contributed by atoms with Gasteiger partial charge >= 0.3 is 0 Å². The molecule has 0 aliphatic carbocycles. The third-order valence-corrected chi connectivity index (χ3v) is 4.00. The Kier molecular flexibility index (Phi) is 3.13. The molecule has 0 atom stereocenters. The van der Waals surface area contributed by atoms with Crippen molar-refractivity contribution in [2.24, 2.45) is 0 Å². The SMILES string of the molecule is Cc1nonc1CN1CCc2nccc(Br)c2C1. The van der Waals surface area contributed by atoms with Gasteiger partial charge in [-0.3, -0.25) is 9.88 Å². The Morgan fingerprint density at radius 2 is 2.33 bits per heavy atom. The summed E-state index contributed by atoms with van der Waals surface area (Å²) in [5.74, 6) is 0. The zero-order chi connectivity index (χ0) is 12.5. The van der Waals surface area contributed by atoms with E-state index < -0.39 is 0 Å². The van der Waals surface area contributed by atoms with Crippen LogP contribution in [0.3, 0.4) is 0 Å². The van der Waals surface area contributed by atoms with E-state index in [1.165, 1.54) is 11.3 Å². The monoisotopic (exact) mass is 308 g/mol. The molecule has 0 amide bonds. The minimum Gasteiger partial charge on any atom is -0.293 e. The standard InChI is InChI=1S/C12H13BrN4O/c1-8-12(16-18-15-8)7-17-5-3-11-9(6-17)10(13)2-4-14-11/h2,4H,3,5-7H2,1H3. The molecule has 18 heavy (non-hydrogen) atoms. The Hall–Kier alpha value is -1.27. The van der Waals surface area contributed by atoms with Gasteiger partial charge in [-0.05, 0) is 13.0 Å². The van der Waals surface area contributed by atoms with Gasteiger partial charge in [-0.1, -0.05) is 26.2 Å². The molecule has 2 aromatic rings. The summed E-state index contributed by atoms with van der Waals surface area (Å²) in [6, 6.07) is 1.99. The average Bonchev–Trinajstić information content (AvgIpc) is 2.76. The molecule has 6 heteroatoms. The molecule has 3 heterocycles. The number of pyridine rings is 1. The predicted octanol–water partition coefficient (Wildman–Crippen LogP) is 2.09. The molecule has 2 aromatic heterocycles. The molecule has 0 radical (unpaired) electrons. The molecule has 0 N–H and O–H groups in total. The Morgan fingerprint density at radius 1 is 1.44 bits per heavy atom. The van der Waals surface area contributed by atoms with E-state index in [-0.39, 0.29) is 0 Å². The van der Waals surface area contributed by atoms with Crippen LogP contribution in [0.4, 0.5) is 0 Å². The number of aryl methyl sites for hydroxylation is 1. The van der Waals surface area contributed by atoms with Gasteiger partial charge in [0.1, 0.15) is 11.4 Å². The summed E-state index contributed by atoms with van der Waals surface area (Å²) >= 11 is 3.59. The number of aromatic nitrogens is 3. The molecule has 94 valence electrons. The lowest BCUT2D eigenvalue weighted by molar-refractivity contribution is 0.231. The van der Waals surface area contributed by atoms with Gasteiger partial charge in [0.2, 0.25) is 0 Å². The second-order valence-electron chi connectivity index (χ2n) is 4.48. The van der Waals surface area contributed by atoms with E-state index in [2.05, 4.69) is 36.1 Å². The molecule has 0 bridgehead atoms. The van der Waals surface area contributed by atoms with Gasteiger partial charge in [-0.2, -0.15) is 0 Å². The molecule has 0 saturated heterocycles. The summed E-state index contributed by atoms with van der Waals surface area (Å²) in [7, 11) is 0. The van der Waals surface area contributed by atoms with Crippen LogP contribution >= 0.6 is 15.9 Å². The third kappa shape index (κ3) is 2.18. The zero-order valence-corrected chi connectivity index (χ0v) is 11.6. The van der Waals surface area contributed by atoms with Gasteiger partial charge in [0.05, 0.1) is 0 Å². The molecule has 0 saturated carbocycles. The summed E-state index contributed by atoms with van der Waals surface area (Å²) in [6.07, 6.45) is 2.82. The normalized spacial score (nSPS) is 15.7. The summed E-state index contributed by atoms with van der Waals surface area (Å²) in [5.41, 5.74) is 4.25. The maximum absolute atomic E-state index is 4.73. The minimum absolute atomic E-state index is 0.774. The van der Waals surface area contributed by atoms with E-state index >= 15 is 0 Å². The number of fused-ring (bicyclic) bond motifs is 1. The van der Waals surface area contributed by atoms with E-state index in [9.17, 15) is 0 Å². The van der Waals surface area contributed by atoms with Crippen LogP contribution in [0.25, 0.3) is 0 Å². The lowest BCUT2D eigenvalue weighted by Gasteiger charge is -2.27. The van der Waals surface area contributed by atoms with Gasteiger partial charge in [-0.25, -0.2) is 4.63 Å². The Bertz CT molecular complexity index is 569. The quantitative estimate of drug-likeness (QED) is 0.850. The van der Waals surface area contributed by atoms with Crippen LogP contribution in [-0.2, 0) is 19.5 Å². The highest BCUT2D eigenvalue weighted by Crippen LogP contribution is 2.25. The fourth-order valence-corrected chi connectivity index (χ4v) is 2.67. The first-order valence-corrected chi connectivity index (χ1v) is 6.66. The molecule has 0 unspecified atom stereocenters. The first-order valence-electron chi connectivity index (χ1n) is 5.86. The molecule has 1 aliphatic rings. The van der Waals surface area contributed by atoms with Crippen molar-refractivity contribution < 1.29 is 4.63 Å². The van der Waals surface area contributed by atoms with Gasteiger partial charge in [0.25, 0.3) is 0 Å². The number of halogens is 1. The lowest BCUT2D eigenvalue weighted by Crippen LogP contribution is -2.31. The van der Waals surface area contributed by atoms with E-state index in [0.29, 0.717) is 0 Å². The van der Waals surface area contributed by atoms with Crippen molar-refractivity contribution in [1.82, 2.24) is 20.2 Å². The first-order chi connectivity index (χ1) is 8.74. The van der Waals surface area contributed by atoms with Crippen molar-refractivity contribution in [3.63, 3.8) is 0 Å². The number of nitrogens with zero attached hydrogens (tertiary/aromatic N) is 4. The van der Waals surface area contributed by atoms with Crippen LogP contribution in [0.1, 0.15) is 22.6 Å². The summed E-state index contributed by atoms with van der Waals surface area (Å²) in [5, 5.41) is 7.74.